The molecule has 1 aliphatic rings. The minimum atomic E-state index is 0.123. The Kier molecular flexibility index (Phi) is 4.97. The summed E-state index contributed by atoms with van der Waals surface area (Å²) < 4.78 is 1.06. The van der Waals surface area contributed by atoms with Gasteiger partial charge in [-0.1, -0.05) is 0 Å². The highest BCUT2D eigenvalue weighted by Gasteiger charge is 2.24. The number of amides is 1. The zero-order chi connectivity index (χ0) is 13.0. The van der Waals surface area contributed by atoms with Crippen LogP contribution in [0.2, 0.25) is 0 Å². The molecule has 1 atom stereocenters. The summed E-state index contributed by atoms with van der Waals surface area (Å²) in [5, 5.41) is 5.19. The molecular formula is C13H17BrN2OS. The van der Waals surface area contributed by atoms with Gasteiger partial charge in [0.15, 0.2) is 0 Å². The molecule has 1 unspecified atom stereocenters. The molecule has 1 amide bonds. The van der Waals surface area contributed by atoms with E-state index in [4.69, 9.17) is 0 Å². The summed E-state index contributed by atoms with van der Waals surface area (Å²) >= 11 is 5.03. The molecular weight excluding hydrogens is 312 g/mol. The van der Waals surface area contributed by atoms with Crippen molar-refractivity contribution >= 4 is 39.2 Å². The average molecular weight is 329 g/mol. The fourth-order valence-corrected chi connectivity index (χ4v) is 3.50. The first-order valence-corrected chi connectivity index (χ1v) is 7.72. The summed E-state index contributed by atoms with van der Waals surface area (Å²) in [7, 11) is 1.96. The summed E-state index contributed by atoms with van der Waals surface area (Å²) in [6.07, 6.45) is 4.67. The Morgan fingerprint density at radius 3 is 3.22 bits per heavy atom. The van der Waals surface area contributed by atoms with E-state index in [1.165, 1.54) is 0 Å². The lowest BCUT2D eigenvalue weighted by Gasteiger charge is -2.14. The number of rotatable bonds is 4. The van der Waals surface area contributed by atoms with E-state index in [0.717, 1.165) is 35.4 Å². The van der Waals surface area contributed by atoms with Gasteiger partial charge in [-0.15, -0.1) is 11.3 Å². The number of nitrogens with one attached hydrogen (secondary N) is 1. The lowest BCUT2D eigenvalue weighted by molar-refractivity contribution is -0.125. The lowest BCUT2D eigenvalue weighted by atomic mass is 10.1. The molecule has 0 aliphatic carbocycles. The van der Waals surface area contributed by atoms with Gasteiger partial charge in [-0.25, -0.2) is 0 Å². The van der Waals surface area contributed by atoms with Crippen molar-refractivity contribution in [3.05, 3.63) is 26.9 Å². The smallest absolute Gasteiger partial charge is 0.246 e. The molecule has 1 N–H and O–H groups in total. The van der Waals surface area contributed by atoms with Crippen molar-refractivity contribution in [1.82, 2.24) is 10.2 Å². The third-order valence-electron chi connectivity index (χ3n) is 3.07. The van der Waals surface area contributed by atoms with Crippen LogP contribution in [0.4, 0.5) is 0 Å². The highest BCUT2D eigenvalue weighted by atomic mass is 79.9. The van der Waals surface area contributed by atoms with Crippen molar-refractivity contribution in [2.45, 2.75) is 6.42 Å². The number of nitrogens with zero attached hydrogens (tertiary/aromatic N) is 1. The first-order chi connectivity index (χ1) is 8.69. The van der Waals surface area contributed by atoms with E-state index in [-0.39, 0.29) is 5.91 Å². The number of hydrogen-bond donors (Lipinski definition) is 1. The number of halogens is 1. The van der Waals surface area contributed by atoms with Crippen molar-refractivity contribution in [3.63, 3.8) is 0 Å². The second kappa shape index (κ2) is 6.50. The SMILES string of the molecule is CNCC1CCN(C(=O)C=Cc2cc(Br)cs2)C1. The van der Waals surface area contributed by atoms with Crippen LogP contribution in [0.15, 0.2) is 22.0 Å². The van der Waals surface area contributed by atoms with Crippen LogP contribution in [-0.4, -0.2) is 37.5 Å². The predicted octanol–water partition coefficient (Wildman–Crippen LogP) is 2.59. The molecule has 2 heterocycles. The highest BCUT2D eigenvalue weighted by Crippen LogP contribution is 2.21. The quantitative estimate of drug-likeness (QED) is 0.861. The molecule has 98 valence electrons. The van der Waals surface area contributed by atoms with Crippen molar-refractivity contribution in [2.75, 3.05) is 26.7 Å². The minimum Gasteiger partial charge on any atom is -0.339 e. The van der Waals surface area contributed by atoms with Crippen LogP contribution >= 0.6 is 27.3 Å². The maximum absolute atomic E-state index is 12.0. The number of thiophene rings is 1. The normalized spacial score (nSPS) is 19.9. The second-order valence-electron chi connectivity index (χ2n) is 4.50. The second-order valence-corrected chi connectivity index (χ2v) is 6.36. The Morgan fingerprint density at radius 1 is 1.72 bits per heavy atom. The van der Waals surface area contributed by atoms with Crippen molar-refractivity contribution in [2.24, 2.45) is 5.92 Å². The molecule has 0 saturated carbocycles. The molecule has 3 nitrogen and oxygen atoms in total. The maximum Gasteiger partial charge on any atom is 0.246 e. The van der Waals surface area contributed by atoms with E-state index in [9.17, 15) is 4.79 Å². The van der Waals surface area contributed by atoms with E-state index in [2.05, 4.69) is 21.2 Å². The van der Waals surface area contributed by atoms with Crippen LogP contribution in [0.5, 0.6) is 0 Å². The Balaban J connectivity index is 1.87. The monoisotopic (exact) mass is 328 g/mol. The first kappa shape index (κ1) is 13.8. The van der Waals surface area contributed by atoms with E-state index < -0.39 is 0 Å². The molecule has 5 heteroatoms. The molecule has 0 aromatic carbocycles. The van der Waals surface area contributed by atoms with Gasteiger partial charge in [0.2, 0.25) is 5.91 Å². The Labute approximate surface area is 120 Å². The van der Waals surface area contributed by atoms with Gasteiger partial charge < -0.3 is 10.2 Å². The molecule has 1 aliphatic heterocycles. The van der Waals surface area contributed by atoms with Crippen LogP contribution in [0.3, 0.4) is 0 Å². The van der Waals surface area contributed by atoms with E-state index >= 15 is 0 Å². The molecule has 0 spiro atoms. The van der Waals surface area contributed by atoms with Crippen LogP contribution < -0.4 is 5.32 Å². The molecule has 18 heavy (non-hydrogen) atoms. The highest BCUT2D eigenvalue weighted by molar-refractivity contribution is 9.10. The van der Waals surface area contributed by atoms with Crippen molar-refractivity contribution in [3.8, 4) is 0 Å². The number of carbonyl (C=O) groups is 1. The van der Waals surface area contributed by atoms with Gasteiger partial charge >= 0.3 is 0 Å². The molecule has 1 fully saturated rings. The van der Waals surface area contributed by atoms with Crippen LogP contribution in [-0.2, 0) is 4.79 Å². The molecule has 2 rings (SSSR count). The van der Waals surface area contributed by atoms with Gasteiger partial charge in [-0.3, -0.25) is 4.79 Å². The van der Waals surface area contributed by atoms with Gasteiger partial charge in [-0.2, -0.15) is 0 Å². The summed E-state index contributed by atoms with van der Waals surface area (Å²) in [6, 6.07) is 2.02. The number of carbonyl (C=O) groups excluding carboxylic acids is 1. The Bertz CT molecular complexity index is 444. The van der Waals surface area contributed by atoms with Gasteiger partial charge in [0.25, 0.3) is 0 Å². The fourth-order valence-electron chi connectivity index (χ4n) is 2.16. The summed E-state index contributed by atoms with van der Waals surface area (Å²) in [5.41, 5.74) is 0. The average Bonchev–Trinajstić information content (AvgIpc) is 2.96. The van der Waals surface area contributed by atoms with Crippen LogP contribution in [0.25, 0.3) is 6.08 Å². The first-order valence-electron chi connectivity index (χ1n) is 6.04. The Hall–Kier alpha value is -0.650. The van der Waals surface area contributed by atoms with E-state index in [0.29, 0.717) is 5.92 Å². The zero-order valence-corrected chi connectivity index (χ0v) is 12.8. The number of likely N-dealkylation sites (tertiary alicyclic amines) is 1. The largest absolute Gasteiger partial charge is 0.339 e. The van der Waals surface area contributed by atoms with Crippen LogP contribution in [0.1, 0.15) is 11.3 Å². The maximum atomic E-state index is 12.0. The van der Waals surface area contributed by atoms with E-state index in [1.807, 2.05) is 29.5 Å². The predicted molar refractivity (Wildman–Crippen MR) is 79.7 cm³/mol. The third kappa shape index (κ3) is 3.67. The molecule has 0 bridgehead atoms. The lowest BCUT2D eigenvalue weighted by Crippen LogP contribution is -2.28. The standard InChI is InChI=1S/C13H17BrN2OS/c1-15-7-10-4-5-16(8-10)13(17)3-2-12-6-11(14)9-18-12/h2-3,6,9-10,15H,4-5,7-8H2,1H3. The third-order valence-corrected chi connectivity index (χ3v) is 4.73. The fraction of sp³-hybridized carbons (Fsp3) is 0.462. The number of hydrogen-bond acceptors (Lipinski definition) is 3. The minimum absolute atomic E-state index is 0.123. The van der Waals surface area contributed by atoms with Gasteiger partial charge in [0, 0.05) is 33.9 Å². The summed E-state index contributed by atoms with van der Waals surface area (Å²) in [4.78, 5) is 15.0. The van der Waals surface area contributed by atoms with Crippen molar-refractivity contribution < 1.29 is 4.79 Å². The molecule has 1 saturated heterocycles. The summed E-state index contributed by atoms with van der Waals surface area (Å²) in [6.45, 7) is 2.74. The van der Waals surface area contributed by atoms with Gasteiger partial charge in [0.05, 0.1) is 0 Å². The topological polar surface area (TPSA) is 32.3 Å². The molecule has 1 aromatic rings. The van der Waals surface area contributed by atoms with Gasteiger partial charge in [0.1, 0.15) is 0 Å². The van der Waals surface area contributed by atoms with E-state index in [1.54, 1.807) is 17.4 Å². The van der Waals surface area contributed by atoms with Crippen molar-refractivity contribution in [1.29, 1.82) is 0 Å². The zero-order valence-electron chi connectivity index (χ0n) is 10.4. The Morgan fingerprint density at radius 2 is 2.56 bits per heavy atom. The molecule has 0 radical (unpaired) electrons. The molecule has 1 aromatic heterocycles. The van der Waals surface area contributed by atoms with Crippen LogP contribution in [0, 0.1) is 5.92 Å². The van der Waals surface area contributed by atoms with Gasteiger partial charge in [-0.05, 0) is 54.0 Å². The summed E-state index contributed by atoms with van der Waals surface area (Å²) in [5.74, 6) is 0.723.